The molecule has 2 saturated heterocycles. The average molecular weight is 280 g/mol. The molecule has 0 amide bonds. The molecule has 0 aromatic carbocycles. The molecule has 0 saturated carbocycles. The fourth-order valence-electron chi connectivity index (χ4n) is 3.81. The van der Waals surface area contributed by atoms with Crippen LogP contribution in [0.2, 0.25) is 0 Å². The van der Waals surface area contributed by atoms with Gasteiger partial charge in [-0.1, -0.05) is 6.07 Å². The smallest absolute Gasteiger partial charge is 0.211 e. The van der Waals surface area contributed by atoms with E-state index < -0.39 is 10.0 Å². The zero-order valence-corrected chi connectivity index (χ0v) is 12.0. The summed E-state index contributed by atoms with van der Waals surface area (Å²) in [6.07, 6.45) is 10.1. The van der Waals surface area contributed by atoms with Gasteiger partial charge in [-0.3, -0.25) is 4.98 Å². The van der Waals surface area contributed by atoms with Crippen molar-refractivity contribution < 1.29 is 8.42 Å². The van der Waals surface area contributed by atoms with Crippen LogP contribution in [0.4, 0.5) is 0 Å². The number of piperidine rings is 1. The van der Waals surface area contributed by atoms with Crippen molar-refractivity contribution in [1.82, 2.24) is 9.29 Å². The summed E-state index contributed by atoms with van der Waals surface area (Å²) >= 11 is 0. The van der Waals surface area contributed by atoms with E-state index in [1.54, 1.807) is 10.5 Å². The normalized spacial score (nSPS) is 31.5. The van der Waals surface area contributed by atoms with E-state index in [9.17, 15) is 8.42 Å². The number of nitrogens with zero attached hydrogens (tertiary/aromatic N) is 2. The second kappa shape index (κ2) is 4.87. The number of aromatic nitrogens is 1. The van der Waals surface area contributed by atoms with Crippen molar-refractivity contribution in [1.29, 1.82) is 0 Å². The Morgan fingerprint density at radius 2 is 2.00 bits per heavy atom. The largest absolute Gasteiger partial charge is 0.264 e. The van der Waals surface area contributed by atoms with Gasteiger partial charge in [0, 0.05) is 24.5 Å². The molecule has 0 spiro atoms. The van der Waals surface area contributed by atoms with Crippen LogP contribution in [0.25, 0.3) is 0 Å². The molecule has 104 valence electrons. The third kappa shape index (κ3) is 2.67. The Labute approximate surface area is 114 Å². The van der Waals surface area contributed by atoms with Crippen molar-refractivity contribution in [2.24, 2.45) is 5.92 Å². The van der Waals surface area contributed by atoms with Crippen LogP contribution >= 0.6 is 0 Å². The summed E-state index contributed by atoms with van der Waals surface area (Å²) in [5, 5.41) is 0. The molecule has 2 unspecified atom stereocenters. The number of sulfonamides is 1. The molecule has 4 nitrogen and oxygen atoms in total. The summed E-state index contributed by atoms with van der Waals surface area (Å²) < 4.78 is 25.4. The molecule has 2 aliphatic rings. The lowest BCUT2D eigenvalue weighted by Crippen LogP contribution is -2.46. The summed E-state index contributed by atoms with van der Waals surface area (Å²) in [6, 6.07) is 4.54. The van der Waals surface area contributed by atoms with Gasteiger partial charge in [0.2, 0.25) is 10.0 Å². The van der Waals surface area contributed by atoms with E-state index >= 15 is 0 Å². The van der Waals surface area contributed by atoms with Crippen LogP contribution in [-0.4, -0.2) is 36.0 Å². The molecule has 2 aliphatic heterocycles. The Hall–Kier alpha value is -0.940. The van der Waals surface area contributed by atoms with Crippen LogP contribution in [0.3, 0.4) is 0 Å². The maximum absolute atomic E-state index is 11.8. The number of fused-ring (bicyclic) bond motifs is 2. The Morgan fingerprint density at radius 3 is 2.53 bits per heavy atom. The van der Waals surface area contributed by atoms with Crippen LogP contribution < -0.4 is 0 Å². The molecule has 1 aromatic heterocycles. The third-order valence-corrected chi connectivity index (χ3v) is 5.76. The van der Waals surface area contributed by atoms with E-state index in [4.69, 9.17) is 0 Å². The maximum Gasteiger partial charge on any atom is 0.211 e. The van der Waals surface area contributed by atoms with Gasteiger partial charge in [0.25, 0.3) is 0 Å². The summed E-state index contributed by atoms with van der Waals surface area (Å²) in [5.41, 5.74) is 1.26. The fraction of sp³-hybridized carbons (Fsp3) is 0.643. The van der Waals surface area contributed by atoms with Gasteiger partial charge in [0.15, 0.2) is 0 Å². The fourth-order valence-corrected chi connectivity index (χ4v) is 5.27. The number of hydrogen-bond acceptors (Lipinski definition) is 3. The first-order valence-electron chi connectivity index (χ1n) is 6.91. The van der Waals surface area contributed by atoms with Gasteiger partial charge in [-0.25, -0.2) is 8.42 Å². The Kier molecular flexibility index (Phi) is 3.35. The molecule has 5 heteroatoms. The summed E-state index contributed by atoms with van der Waals surface area (Å²) in [6.45, 7) is 0. The van der Waals surface area contributed by atoms with Crippen molar-refractivity contribution in [2.75, 3.05) is 6.26 Å². The zero-order chi connectivity index (χ0) is 13.5. The van der Waals surface area contributed by atoms with E-state index in [0.717, 1.165) is 32.1 Å². The molecule has 2 atom stereocenters. The van der Waals surface area contributed by atoms with Crippen molar-refractivity contribution in [3.63, 3.8) is 0 Å². The first-order chi connectivity index (χ1) is 9.04. The standard InChI is InChI=1S/C14H20N2O2S/c1-19(17,18)16-13-4-5-14(16)9-12(8-13)7-11-3-2-6-15-10-11/h2-3,6,10,12-14H,4-5,7-9H2,1H3. The second-order valence-electron chi connectivity index (χ2n) is 5.88. The van der Waals surface area contributed by atoms with Crippen LogP contribution in [0.1, 0.15) is 31.2 Å². The van der Waals surface area contributed by atoms with E-state index in [1.165, 1.54) is 11.8 Å². The maximum atomic E-state index is 11.8. The van der Waals surface area contributed by atoms with E-state index in [0.29, 0.717) is 5.92 Å². The molecular weight excluding hydrogens is 260 g/mol. The van der Waals surface area contributed by atoms with Crippen LogP contribution in [0, 0.1) is 5.92 Å². The molecule has 3 rings (SSSR count). The minimum atomic E-state index is -3.04. The molecule has 19 heavy (non-hydrogen) atoms. The minimum absolute atomic E-state index is 0.232. The summed E-state index contributed by atoms with van der Waals surface area (Å²) in [4.78, 5) is 4.15. The first kappa shape index (κ1) is 13.1. The summed E-state index contributed by atoms with van der Waals surface area (Å²) in [7, 11) is -3.04. The number of hydrogen-bond donors (Lipinski definition) is 0. The molecule has 3 heterocycles. The lowest BCUT2D eigenvalue weighted by Gasteiger charge is -2.37. The predicted molar refractivity (Wildman–Crippen MR) is 74.2 cm³/mol. The van der Waals surface area contributed by atoms with E-state index in [1.807, 2.05) is 12.3 Å². The number of pyridine rings is 1. The third-order valence-electron chi connectivity index (χ3n) is 4.39. The average Bonchev–Trinajstić information content (AvgIpc) is 2.64. The first-order valence-corrected chi connectivity index (χ1v) is 8.76. The molecule has 1 aromatic rings. The van der Waals surface area contributed by atoms with Gasteiger partial charge < -0.3 is 0 Å². The van der Waals surface area contributed by atoms with E-state index in [-0.39, 0.29) is 12.1 Å². The highest BCUT2D eigenvalue weighted by atomic mass is 32.2. The van der Waals surface area contributed by atoms with Crippen LogP contribution in [0.15, 0.2) is 24.5 Å². The monoisotopic (exact) mass is 280 g/mol. The van der Waals surface area contributed by atoms with E-state index in [2.05, 4.69) is 11.1 Å². The molecule has 0 N–H and O–H groups in total. The SMILES string of the molecule is CS(=O)(=O)N1C2CCC1CC(Cc1cccnc1)C2. The van der Waals surface area contributed by atoms with Crippen LogP contribution in [-0.2, 0) is 16.4 Å². The van der Waals surface area contributed by atoms with Gasteiger partial charge in [0.1, 0.15) is 0 Å². The van der Waals surface area contributed by atoms with Gasteiger partial charge in [-0.2, -0.15) is 4.31 Å². The lowest BCUT2D eigenvalue weighted by molar-refractivity contribution is 0.191. The van der Waals surface area contributed by atoms with Crippen LogP contribution in [0.5, 0.6) is 0 Å². The highest BCUT2D eigenvalue weighted by molar-refractivity contribution is 7.88. The predicted octanol–water partition coefficient (Wildman–Crippen LogP) is 1.83. The van der Waals surface area contributed by atoms with Crippen molar-refractivity contribution in [2.45, 2.75) is 44.2 Å². The van der Waals surface area contributed by atoms with Crippen molar-refractivity contribution in [3.8, 4) is 0 Å². The van der Waals surface area contributed by atoms with Gasteiger partial charge in [-0.15, -0.1) is 0 Å². The zero-order valence-electron chi connectivity index (χ0n) is 11.2. The van der Waals surface area contributed by atoms with Crippen molar-refractivity contribution in [3.05, 3.63) is 30.1 Å². The Morgan fingerprint density at radius 1 is 1.32 bits per heavy atom. The van der Waals surface area contributed by atoms with Gasteiger partial charge >= 0.3 is 0 Å². The lowest BCUT2D eigenvalue weighted by atomic mass is 9.87. The molecular formula is C14H20N2O2S. The molecule has 0 radical (unpaired) electrons. The van der Waals surface area contributed by atoms with Gasteiger partial charge in [-0.05, 0) is 49.7 Å². The second-order valence-corrected chi connectivity index (χ2v) is 7.77. The van der Waals surface area contributed by atoms with Gasteiger partial charge in [0.05, 0.1) is 6.26 Å². The molecule has 2 bridgehead atoms. The minimum Gasteiger partial charge on any atom is -0.264 e. The highest BCUT2D eigenvalue weighted by Crippen LogP contribution is 2.41. The Balaban J connectivity index is 1.71. The topological polar surface area (TPSA) is 50.3 Å². The highest BCUT2D eigenvalue weighted by Gasteiger charge is 2.44. The molecule has 2 fully saturated rings. The summed E-state index contributed by atoms with van der Waals surface area (Å²) in [5.74, 6) is 0.597. The molecule has 0 aliphatic carbocycles. The Bertz CT molecular complexity index is 530. The quantitative estimate of drug-likeness (QED) is 0.848. The number of rotatable bonds is 3. The van der Waals surface area contributed by atoms with Crippen molar-refractivity contribution >= 4 is 10.0 Å².